The van der Waals surface area contributed by atoms with Crippen molar-refractivity contribution in [3.05, 3.63) is 288 Å². The number of furan rings is 4. The van der Waals surface area contributed by atoms with Crippen molar-refractivity contribution in [3.8, 4) is 67.3 Å². The molecule has 0 unspecified atom stereocenters. The van der Waals surface area contributed by atoms with Gasteiger partial charge in [-0.05, 0) is 212 Å². The molecule has 1 aliphatic rings. The SMILES string of the molecule is C1=CCC/C=C\CC1.CC(C)c1cccc(C(C)C)c1-c1cnn(-c2[c-]c3c(cc2)oc2ccc4oc5ccc(-n6cc(-c7c(C(C)C)cccc7C(C)C)cn6)[c-]c5c4c23)c1.CC(C)c1cccc(C(C)C)c1-c1cnn(-c2ccc3oc4ccc5oc6ccc(-n7cc(-c8c(C(C)C)cccc8C(C)C)cn7)cc6c5c4c3c2)c1.[Cl][Pt][Cl].[Pt+2]. The Hall–Kier alpha value is -10.3. The van der Waals surface area contributed by atoms with Gasteiger partial charge in [0.25, 0.3) is 0 Å². The molecule has 616 valence electrons. The van der Waals surface area contributed by atoms with Gasteiger partial charge in [-0.3, -0.25) is 9.36 Å². The van der Waals surface area contributed by atoms with Crippen molar-refractivity contribution in [2.75, 3.05) is 0 Å². The van der Waals surface area contributed by atoms with E-state index in [2.05, 4.69) is 281 Å². The van der Waals surface area contributed by atoms with E-state index in [0.717, 1.165) is 133 Å². The van der Waals surface area contributed by atoms with Gasteiger partial charge in [-0.15, -0.1) is 47.2 Å². The fourth-order valence-corrected chi connectivity index (χ4v) is 17.4. The Kier molecular flexibility index (Phi) is 25.5. The molecule has 120 heavy (non-hydrogen) atoms. The standard InChI is InChI=1S/C48H46N4O2.C48H44N4O2.C8H12.2ClH.2Pt/c2*1-27(2)35-11-9-12-36(28(3)4)45(35)31-23-49-51(25-31)33-15-17-41-39(21-33)47-43(53-41)19-20-44-48(47)40-22-34(16-18-42(40)54-44)52-26-32(24-50-52)46-37(29(5)6)13-10-14-38(46)30(7)8;1-2-4-6-8-7-5-3-1;;;;/h9-30H,1-8H3;9-20,23-30H,1-8H3;1-2,7-8H,3-6H2;2*1H;;/q;-2;;;;2*+2/p-2/b;;2-1-,8-7?;;;;. The Morgan fingerprint density at radius 3 is 0.808 bits per heavy atom. The average Bonchev–Trinajstić information content (AvgIpc) is 1.58. The number of hydrogen-bond acceptors (Lipinski definition) is 8. The summed E-state index contributed by atoms with van der Waals surface area (Å²) < 4.78 is 33.6. The Morgan fingerprint density at radius 1 is 0.300 bits per heavy atom. The maximum atomic E-state index is 6.47. The van der Waals surface area contributed by atoms with Crippen molar-refractivity contribution in [1.82, 2.24) is 39.1 Å². The molecule has 8 aromatic heterocycles. The number of nitrogens with zero attached hydrogens (tertiary/aromatic N) is 8. The fraction of sp³-hybridized carbons (Fsp3) is 0.269. The number of halogens is 2. The number of fused-ring (bicyclic) bond motifs is 14. The van der Waals surface area contributed by atoms with Crippen molar-refractivity contribution >= 4 is 107 Å². The summed E-state index contributed by atoms with van der Waals surface area (Å²) in [5, 5.41) is 27.3. The van der Waals surface area contributed by atoms with Crippen LogP contribution >= 0.6 is 18.8 Å². The van der Waals surface area contributed by atoms with Gasteiger partial charge >= 0.3 is 56.4 Å². The van der Waals surface area contributed by atoms with Gasteiger partial charge in [0.15, 0.2) is 0 Å². The van der Waals surface area contributed by atoms with Crippen LogP contribution < -0.4 is 0 Å². The van der Waals surface area contributed by atoms with E-state index in [4.69, 9.17) is 56.9 Å². The molecule has 1 aliphatic carbocycles. The van der Waals surface area contributed by atoms with E-state index in [1.807, 2.05) is 92.0 Å². The van der Waals surface area contributed by atoms with Crippen molar-refractivity contribution in [1.29, 1.82) is 0 Å². The van der Waals surface area contributed by atoms with Crippen LogP contribution in [0, 0.1) is 12.1 Å². The Bertz CT molecular complexity index is 5910. The molecule has 8 heterocycles. The summed E-state index contributed by atoms with van der Waals surface area (Å²) in [5.41, 5.74) is 30.3. The summed E-state index contributed by atoms with van der Waals surface area (Å²) in [5.74, 6) is 3.16. The molecular weight excluding hydrogens is 1890 g/mol. The molecule has 18 aromatic rings. The van der Waals surface area contributed by atoms with Crippen molar-refractivity contribution < 1.29 is 55.2 Å². The molecule has 0 aliphatic heterocycles. The zero-order valence-corrected chi connectivity index (χ0v) is 77.0. The first-order chi connectivity index (χ1) is 57.5. The minimum atomic E-state index is -0.472. The molecule has 12 nitrogen and oxygen atoms in total. The average molecular weight is 1990 g/mol. The first kappa shape index (κ1) is 84.7. The van der Waals surface area contributed by atoms with Gasteiger partial charge < -0.3 is 17.7 Å². The summed E-state index contributed by atoms with van der Waals surface area (Å²) in [4.78, 5) is 0. The number of hydrogen-bond donors (Lipinski definition) is 0. The Labute approximate surface area is 734 Å². The molecule has 0 bridgehead atoms. The van der Waals surface area contributed by atoms with Crippen LogP contribution in [0.1, 0.15) is 228 Å². The van der Waals surface area contributed by atoms with Gasteiger partial charge in [-0.1, -0.05) is 219 Å². The second-order valence-electron chi connectivity index (χ2n) is 33.9. The maximum Gasteiger partial charge on any atom is 2.00 e. The van der Waals surface area contributed by atoms with E-state index in [0.29, 0.717) is 47.3 Å². The van der Waals surface area contributed by atoms with Crippen LogP contribution in [0.3, 0.4) is 0 Å². The summed E-state index contributed by atoms with van der Waals surface area (Å²) in [7, 11) is 9.75. The predicted molar refractivity (Wildman–Crippen MR) is 491 cm³/mol. The zero-order chi connectivity index (χ0) is 83.2. The third-order valence-electron chi connectivity index (χ3n) is 23.2. The molecule has 0 spiro atoms. The summed E-state index contributed by atoms with van der Waals surface area (Å²) in [6, 6.07) is 62.7. The molecule has 16 heteroatoms. The quantitative estimate of drug-likeness (QED) is 0.0692. The summed E-state index contributed by atoms with van der Waals surface area (Å²) in [6.45, 7) is 36.1. The smallest absolute Gasteiger partial charge is 2.00 e. The molecule has 19 rings (SSSR count). The zero-order valence-electron chi connectivity index (χ0n) is 71.0. The first-order valence-corrected chi connectivity index (χ1v) is 47.5. The van der Waals surface area contributed by atoms with E-state index in [9.17, 15) is 0 Å². The Morgan fingerprint density at radius 2 is 0.533 bits per heavy atom. The molecule has 0 saturated carbocycles. The van der Waals surface area contributed by atoms with Gasteiger partial charge in [0, 0.05) is 79.8 Å². The normalized spacial score (nSPS) is 12.9. The van der Waals surface area contributed by atoms with Gasteiger partial charge in [-0.2, -0.15) is 20.4 Å². The number of allylic oxidation sites excluding steroid dienone is 4. The molecule has 10 aromatic carbocycles. The van der Waals surface area contributed by atoms with Crippen LogP contribution in [0.2, 0.25) is 0 Å². The molecule has 0 radical (unpaired) electrons. The van der Waals surface area contributed by atoms with E-state index in [1.54, 1.807) is 0 Å². The molecule has 0 N–H and O–H groups in total. The van der Waals surface area contributed by atoms with Crippen LogP contribution in [0.4, 0.5) is 0 Å². The summed E-state index contributed by atoms with van der Waals surface area (Å²) >= 11 is -0.472. The monoisotopic (exact) mass is 1990 g/mol. The van der Waals surface area contributed by atoms with Gasteiger partial charge in [0.1, 0.15) is 22.3 Å². The third-order valence-corrected chi connectivity index (χ3v) is 23.2. The molecule has 0 fully saturated rings. The second-order valence-corrected chi connectivity index (χ2v) is 37.2. The maximum absolute atomic E-state index is 6.47. The van der Waals surface area contributed by atoms with Crippen LogP contribution in [-0.4, -0.2) is 39.1 Å². The fourth-order valence-electron chi connectivity index (χ4n) is 17.4. The Balaban J connectivity index is 0.000000165. The number of aromatic nitrogens is 8. The van der Waals surface area contributed by atoms with Crippen LogP contribution in [-0.2, 0) is 37.5 Å². The van der Waals surface area contributed by atoms with E-state index in [1.165, 1.54) is 92.4 Å². The van der Waals surface area contributed by atoms with Gasteiger partial charge in [-0.25, -0.2) is 9.36 Å². The third kappa shape index (κ3) is 16.6. The summed E-state index contributed by atoms with van der Waals surface area (Å²) in [6.07, 6.45) is 30.5. The van der Waals surface area contributed by atoms with E-state index in [-0.39, 0.29) is 21.1 Å². The number of benzene rings is 10. The second kappa shape index (κ2) is 36.2. The molecule has 0 amide bonds. The number of rotatable bonds is 16. The van der Waals surface area contributed by atoms with Crippen LogP contribution in [0.25, 0.3) is 155 Å². The molecule has 0 atom stereocenters. The minimum Gasteiger partial charge on any atom is 2.00 e. The largest absolute Gasteiger partial charge is 2.00 e. The topological polar surface area (TPSA) is 124 Å². The van der Waals surface area contributed by atoms with E-state index >= 15 is 0 Å². The minimum absolute atomic E-state index is 0. The first-order valence-electron chi connectivity index (χ1n) is 41.9. The van der Waals surface area contributed by atoms with Gasteiger partial charge in [0.2, 0.25) is 0 Å². The predicted octanol–water partition coefficient (Wildman–Crippen LogP) is 31.0. The van der Waals surface area contributed by atoms with Crippen molar-refractivity contribution in [2.45, 2.75) is 184 Å². The van der Waals surface area contributed by atoms with Crippen LogP contribution in [0.15, 0.2) is 249 Å². The van der Waals surface area contributed by atoms with Crippen molar-refractivity contribution in [3.63, 3.8) is 0 Å². The molecule has 0 saturated heterocycles. The van der Waals surface area contributed by atoms with Crippen molar-refractivity contribution in [2.24, 2.45) is 0 Å². The van der Waals surface area contributed by atoms with E-state index < -0.39 is 16.5 Å². The van der Waals surface area contributed by atoms with Gasteiger partial charge in [0.05, 0.1) is 47.3 Å². The van der Waals surface area contributed by atoms with Crippen LogP contribution in [0.5, 0.6) is 0 Å². The molecular formula is C104H102Cl2N8O4Pt2.